The summed E-state index contributed by atoms with van der Waals surface area (Å²) in [5.74, 6) is -0.888. The predicted molar refractivity (Wildman–Crippen MR) is 281 cm³/mol. The molecule has 83 heavy (non-hydrogen) atoms. The first-order chi connectivity index (χ1) is 39.8. The summed E-state index contributed by atoms with van der Waals surface area (Å²) in [6, 6.07) is 0. The van der Waals surface area contributed by atoms with Gasteiger partial charge in [-0.3, -0.25) is 14.4 Å². The number of rotatable bonds is 56. The molecule has 0 saturated carbocycles. The van der Waals surface area contributed by atoms with E-state index in [1.54, 1.807) is 0 Å². The van der Waals surface area contributed by atoms with Crippen LogP contribution in [-0.2, 0) is 76.0 Å². The maximum atomic E-state index is 12.5. The molecule has 0 radical (unpaired) electrons. The third kappa shape index (κ3) is 37.6. The summed E-state index contributed by atoms with van der Waals surface area (Å²) < 4.78 is 70.5. The van der Waals surface area contributed by atoms with Gasteiger partial charge in [0.05, 0.1) is 158 Å². The molecule has 1 saturated heterocycles. The monoisotopic (exact) mass is 1220 g/mol. The van der Waals surface area contributed by atoms with Crippen LogP contribution in [0.4, 0.5) is 0 Å². The van der Waals surface area contributed by atoms with E-state index in [-0.39, 0.29) is 208 Å². The fourth-order valence-corrected chi connectivity index (χ4v) is 7.07. The Morgan fingerprint density at radius 2 is 0.771 bits per heavy atom. The van der Waals surface area contributed by atoms with Crippen LogP contribution in [-0.4, -0.2) is 347 Å². The number of aliphatic hydroxyl groups excluding tert-OH is 14. The summed E-state index contributed by atoms with van der Waals surface area (Å²) in [6.45, 7) is 2.89. The average molecular weight is 1220 g/mol. The number of ether oxygens (including phenoxy) is 13. The molecule has 0 spiro atoms. The molecular weight excluding hydrogens is 1120 g/mol. The molecule has 1 fully saturated rings. The van der Waals surface area contributed by atoms with Crippen LogP contribution in [0.5, 0.6) is 0 Å². The Morgan fingerprint density at radius 3 is 1.12 bits per heavy atom. The Morgan fingerprint density at radius 1 is 0.434 bits per heavy atom. The first kappa shape index (κ1) is 78.3. The molecule has 0 aromatic carbocycles. The second kappa shape index (κ2) is 49.3. The lowest BCUT2D eigenvalue weighted by Crippen LogP contribution is -2.59. The maximum Gasteiger partial charge on any atom is 0.222 e. The zero-order valence-electron chi connectivity index (χ0n) is 47.4. The zero-order chi connectivity index (χ0) is 61.7. The van der Waals surface area contributed by atoms with Crippen molar-refractivity contribution >= 4 is 17.7 Å². The van der Waals surface area contributed by atoms with Gasteiger partial charge in [0.25, 0.3) is 0 Å². The molecule has 33 nitrogen and oxygen atoms in total. The molecule has 7 unspecified atom stereocenters. The normalized spacial score (nSPS) is 21.1. The van der Waals surface area contributed by atoms with Crippen LogP contribution >= 0.6 is 0 Å². The molecular formula is C50H97N3O30. The molecule has 0 aromatic rings. The van der Waals surface area contributed by atoms with Gasteiger partial charge in [0, 0.05) is 57.5 Å². The van der Waals surface area contributed by atoms with Gasteiger partial charge < -0.3 is 149 Å². The third-order valence-electron chi connectivity index (χ3n) is 11.9. The molecule has 13 atom stereocenters. The Balaban J connectivity index is 2.39. The number of carbonyl (C=O) groups is 3. The molecule has 1 rings (SSSR count). The van der Waals surface area contributed by atoms with Crippen molar-refractivity contribution < 1.29 is 147 Å². The van der Waals surface area contributed by atoms with Crippen LogP contribution in [0.3, 0.4) is 0 Å². The van der Waals surface area contributed by atoms with Gasteiger partial charge in [-0.2, -0.15) is 0 Å². The van der Waals surface area contributed by atoms with Crippen LogP contribution in [0.15, 0.2) is 0 Å². The van der Waals surface area contributed by atoms with Gasteiger partial charge in [0.2, 0.25) is 17.7 Å². The van der Waals surface area contributed by atoms with Crippen LogP contribution < -0.4 is 16.0 Å². The summed E-state index contributed by atoms with van der Waals surface area (Å²) in [5.41, 5.74) is -0.767. The van der Waals surface area contributed by atoms with Gasteiger partial charge in [0.1, 0.15) is 48.8 Å². The van der Waals surface area contributed by atoms with Crippen molar-refractivity contribution in [2.45, 2.75) is 119 Å². The van der Waals surface area contributed by atoms with Gasteiger partial charge >= 0.3 is 0 Å². The van der Waals surface area contributed by atoms with Crippen molar-refractivity contribution in [3.8, 4) is 0 Å². The predicted octanol–water partition coefficient (Wildman–Crippen LogP) is -8.92. The highest BCUT2D eigenvalue weighted by molar-refractivity contribution is 5.76. The first-order valence-corrected chi connectivity index (χ1v) is 27.6. The van der Waals surface area contributed by atoms with Crippen molar-refractivity contribution in [1.29, 1.82) is 0 Å². The van der Waals surface area contributed by atoms with Crippen molar-refractivity contribution in [2.75, 3.05) is 178 Å². The fourth-order valence-electron chi connectivity index (χ4n) is 7.07. The molecule has 17 N–H and O–H groups in total. The quantitative estimate of drug-likeness (QED) is 0.0199. The molecule has 0 aromatic heterocycles. The van der Waals surface area contributed by atoms with E-state index in [0.717, 1.165) is 0 Å². The van der Waals surface area contributed by atoms with Crippen LogP contribution in [0.1, 0.15) is 39.0 Å². The highest BCUT2D eigenvalue weighted by Gasteiger charge is 2.44. The van der Waals surface area contributed by atoms with Gasteiger partial charge in [-0.25, -0.2) is 0 Å². The molecule has 0 aliphatic carbocycles. The number of amides is 3. The van der Waals surface area contributed by atoms with Gasteiger partial charge in [-0.15, -0.1) is 0 Å². The Hall–Kier alpha value is -2.67. The summed E-state index contributed by atoms with van der Waals surface area (Å²) in [5, 5.41) is 143. The Kier molecular flexibility index (Phi) is 46.6. The number of aliphatic hydroxyl groups is 14. The molecule has 1 heterocycles. The van der Waals surface area contributed by atoms with E-state index in [1.807, 2.05) is 6.92 Å². The van der Waals surface area contributed by atoms with Crippen LogP contribution in [0, 0.1) is 5.41 Å². The van der Waals surface area contributed by atoms with Crippen molar-refractivity contribution in [2.24, 2.45) is 5.41 Å². The van der Waals surface area contributed by atoms with E-state index in [0.29, 0.717) is 0 Å². The van der Waals surface area contributed by atoms with Crippen molar-refractivity contribution in [1.82, 2.24) is 16.0 Å². The van der Waals surface area contributed by atoms with Gasteiger partial charge in [-0.05, 0) is 12.8 Å². The molecule has 33 heteroatoms. The summed E-state index contributed by atoms with van der Waals surface area (Å²) in [6.07, 6.45) is -20.8. The fraction of sp³-hybridized carbons (Fsp3) is 0.940. The molecule has 1 aliphatic rings. The molecule has 0 bridgehead atoms. The highest BCUT2D eigenvalue weighted by atomic mass is 16.7. The molecule has 492 valence electrons. The number of nitrogens with one attached hydrogen (secondary N) is 3. The van der Waals surface area contributed by atoms with E-state index in [9.17, 15) is 75.7 Å². The van der Waals surface area contributed by atoms with E-state index < -0.39 is 105 Å². The largest absolute Gasteiger partial charge is 0.396 e. The second-order valence-electron chi connectivity index (χ2n) is 19.2. The lowest BCUT2D eigenvalue weighted by Gasteiger charge is -2.39. The maximum absolute atomic E-state index is 12.5. The van der Waals surface area contributed by atoms with Crippen LogP contribution in [0.25, 0.3) is 0 Å². The zero-order valence-corrected chi connectivity index (χ0v) is 47.4. The lowest BCUT2D eigenvalue weighted by atomic mass is 9.94. The van der Waals surface area contributed by atoms with Crippen molar-refractivity contribution in [3.63, 3.8) is 0 Å². The van der Waals surface area contributed by atoms with E-state index in [2.05, 4.69) is 16.0 Å². The molecule has 1 aliphatic heterocycles. The number of hydrogen-bond acceptors (Lipinski definition) is 30. The number of carbonyl (C=O) groups excluding carboxylic acids is 3. The third-order valence-corrected chi connectivity index (χ3v) is 11.9. The Bertz CT molecular complexity index is 1520. The summed E-state index contributed by atoms with van der Waals surface area (Å²) >= 11 is 0. The highest BCUT2D eigenvalue weighted by Crippen LogP contribution is 2.22. The van der Waals surface area contributed by atoms with Crippen LogP contribution in [0.2, 0.25) is 0 Å². The SMILES string of the molecule is CC(COCCC(=O)NCCOCCOCCO[C@H]1OC(CO)[C@@H](O)C(O)C1O)(COCCC(=O)NCCOCCOCCO[C@@H](O)C(O)C(O)[C@H](O)CCO)COCCC(=O)NCCOCCOCCO[C@@H](O)C(O)C(O)[C@H](O)CCO. The van der Waals surface area contributed by atoms with Crippen molar-refractivity contribution in [3.05, 3.63) is 0 Å². The topological polar surface area (TPSA) is 491 Å². The average Bonchev–Trinajstić information content (AvgIpc) is 3.59. The van der Waals surface area contributed by atoms with Gasteiger partial charge in [-0.1, -0.05) is 6.92 Å². The van der Waals surface area contributed by atoms with E-state index >= 15 is 0 Å². The Labute approximate surface area is 482 Å². The smallest absolute Gasteiger partial charge is 0.222 e. The summed E-state index contributed by atoms with van der Waals surface area (Å²) in [7, 11) is 0. The van der Waals surface area contributed by atoms with E-state index in [1.165, 1.54) is 0 Å². The minimum Gasteiger partial charge on any atom is -0.396 e. The van der Waals surface area contributed by atoms with E-state index in [4.69, 9.17) is 71.8 Å². The minimum atomic E-state index is -1.80. The number of hydrogen-bond donors (Lipinski definition) is 17. The lowest BCUT2D eigenvalue weighted by molar-refractivity contribution is -0.302. The molecule has 3 amide bonds. The standard InChI is InChI=1S/C50H97N3O30/c1-50(31-77-12-4-37(59)51-7-15-71-18-21-74-24-27-80-47(69)44(66)40(62)34(57)2-10-54,32-78-13-5-38(60)52-8-16-72-19-22-75-25-28-81-48(70)45(67)41(63)35(58)3-11-55)33-79-14-6-39(61)53-9-17-73-20-23-76-26-29-82-49-46(68)43(65)42(64)36(30-56)83-49/h34-36,40-49,54-58,62-70H,2-33H2,1H3,(H,51,59)(H,52,60)(H,53,61)/t34-,35-,36?,40?,41?,42-,43?,44?,45?,46?,47-,48-,49+,50?/m1/s1. The second-order valence-corrected chi connectivity index (χ2v) is 19.2. The minimum absolute atomic E-state index is 0.0152. The summed E-state index contributed by atoms with van der Waals surface area (Å²) in [4.78, 5) is 37.4. The first-order valence-electron chi connectivity index (χ1n) is 27.6. The van der Waals surface area contributed by atoms with Gasteiger partial charge in [0.15, 0.2) is 18.9 Å².